The van der Waals surface area contributed by atoms with Gasteiger partial charge >= 0.3 is 0 Å². The van der Waals surface area contributed by atoms with E-state index in [-0.39, 0.29) is 0 Å². The fourth-order valence-electron chi connectivity index (χ4n) is 3.12. The van der Waals surface area contributed by atoms with Gasteiger partial charge in [0.15, 0.2) is 0 Å². The molecule has 1 saturated carbocycles. The van der Waals surface area contributed by atoms with Crippen LogP contribution in [0.15, 0.2) is 47.4 Å². The van der Waals surface area contributed by atoms with Crippen molar-refractivity contribution in [2.24, 2.45) is 5.92 Å². The molecule has 0 unspecified atom stereocenters. The third-order valence-electron chi connectivity index (χ3n) is 4.55. The van der Waals surface area contributed by atoms with Crippen LogP contribution in [0.5, 0.6) is 5.75 Å². The highest BCUT2D eigenvalue weighted by Crippen LogP contribution is 2.33. The summed E-state index contributed by atoms with van der Waals surface area (Å²) in [5, 5.41) is 0. The second-order valence-electron chi connectivity index (χ2n) is 6.51. The molecule has 0 atom stereocenters. The lowest BCUT2D eigenvalue weighted by atomic mass is 10.1. The molecule has 2 aromatic carbocycles. The first-order valence-electron chi connectivity index (χ1n) is 8.63. The highest BCUT2D eigenvalue weighted by molar-refractivity contribution is 7.80. The minimum Gasteiger partial charge on any atom is -0.494 e. The topological polar surface area (TPSA) is 27.1 Å². The Kier molecular flexibility index (Phi) is 4.23. The Labute approximate surface area is 148 Å². The van der Waals surface area contributed by atoms with Crippen LogP contribution < -0.4 is 4.74 Å². The standard InChI is InChI=1S/C20H22N2OS/c1-2-23-16-7-5-14(6-8-16)11-20-21-18-12-17(24)9-10-19(18)22(20)13-15-3-4-15/h5-10,12,15,24H,2-4,11,13H2,1H3. The van der Waals surface area contributed by atoms with E-state index in [9.17, 15) is 0 Å². The molecular formula is C20H22N2OS. The van der Waals surface area contributed by atoms with Crippen molar-refractivity contribution in [1.29, 1.82) is 0 Å². The van der Waals surface area contributed by atoms with Crippen LogP contribution in [0.3, 0.4) is 0 Å². The first-order valence-corrected chi connectivity index (χ1v) is 9.07. The Morgan fingerprint density at radius 2 is 1.96 bits per heavy atom. The summed E-state index contributed by atoms with van der Waals surface area (Å²) >= 11 is 4.45. The lowest BCUT2D eigenvalue weighted by Crippen LogP contribution is -2.06. The van der Waals surface area contributed by atoms with E-state index in [0.29, 0.717) is 6.61 Å². The zero-order valence-electron chi connectivity index (χ0n) is 13.9. The normalized spacial score (nSPS) is 14.2. The highest BCUT2D eigenvalue weighted by atomic mass is 32.1. The molecule has 0 bridgehead atoms. The predicted octanol–water partition coefficient (Wildman–Crippen LogP) is 4.72. The first-order chi connectivity index (χ1) is 11.7. The molecule has 3 nitrogen and oxygen atoms in total. The molecule has 4 rings (SSSR count). The molecule has 4 heteroatoms. The van der Waals surface area contributed by atoms with Gasteiger partial charge < -0.3 is 9.30 Å². The summed E-state index contributed by atoms with van der Waals surface area (Å²) in [6.45, 7) is 3.78. The zero-order valence-corrected chi connectivity index (χ0v) is 14.8. The molecule has 124 valence electrons. The molecule has 0 radical (unpaired) electrons. The van der Waals surface area contributed by atoms with Gasteiger partial charge in [-0.05, 0) is 61.6 Å². The van der Waals surface area contributed by atoms with Gasteiger partial charge in [0, 0.05) is 17.9 Å². The monoisotopic (exact) mass is 338 g/mol. The van der Waals surface area contributed by atoms with Gasteiger partial charge in [-0.2, -0.15) is 0 Å². The number of nitrogens with zero attached hydrogens (tertiary/aromatic N) is 2. The molecule has 1 aliphatic rings. The first kappa shape index (κ1) is 15.6. The molecule has 0 saturated heterocycles. The van der Waals surface area contributed by atoms with Gasteiger partial charge in [0.1, 0.15) is 11.6 Å². The summed E-state index contributed by atoms with van der Waals surface area (Å²) < 4.78 is 7.93. The number of thiol groups is 1. The van der Waals surface area contributed by atoms with Gasteiger partial charge in [-0.3, -0.25) is 0 Å². The minimum absolute atomic E-state index is 0.697. The molecule has 0 aliphatic heterocycles. The molecule has 1 aromatic heterocycles. The van der Waals surface area contributed by atoms with Crippen molar-refractivity contribution in [2.75, 3.05) is 6.61 Å². The fraction of sp³-hybridized carbons (Fsp3) is 0.350. The van der Waals surface area contributed by atoms with E-state index in [1.165, 1.54) is 23.9 Å². The largest absolute Gasteiger partial charge is 0.494 e. The lowest BCUT2D eigenvalue weighted by Gasteiger charge is -2.09. The van der Waals surface area contributed by atoms with Gasteiger partial charge in [-0.15, -0.1) is 12.6 Å². The van der Waals surface area contributed by atoms with Gasteiger partial charge in [0.2, 0.25) is 0 Å². The van der Waals surface area contributed by atoms with Crippen LogP contribution >= 0.6 is 12.6 Å². The third kappa shape index (κ3) is 3.29. The maximum absolute atomic E-state index is 5.53. The van der Waals surface area contributed by atoms with E-state index in [4.69, 9.17) is 9.72 Å². The molecule has 1 heterocycles. The molecular weight excluding hydrogens is 316 g/mol. The Morgan fingerprint density at radius 3 is 2.67 bits per heavy atom. The molecule has 24 heavy (non-hydrogen) atoms. The number of hydrogen-bond acceptors (Lipinski definition) is 3. The van der Waals surface area contributed by atoms with E-state index in [0.717, 1.165) is 40.9 Å². The van der Waals surface area contributed by atoms with Crippen molar-refractivity contribution in [2.45, 2.75) is 37.6 Å². The Bertz CT molecular complexity index is 850. The second kappa shape index (κ2) is 6.52. The lowest BCUT2D eigenvalue weighted by molar-refractivity contribution is 0.340. The van der Waals surface area contributed by atoms with Crippen LogP contribution in [0.4, 0.5) is 0 Å². The molecule has 0 amide bonds. The number of benzene rings is 2. The van der Waals surface area contributed by atoms with Crippen LogP contribution in [-0.2, 0) is 13.0 Å². The SMILES string of the molecule is CCOc1ccc(Cc2nc3cc(S)ccc3n2CC2CC2)cc1. The summed E-state index contributed by atoms with van der Waals surface area (Å²) in [5.41, 5.74) is 3.53. The van der Waals surface area contributed by atoms with Crippen molar-refractivity contribution >= 4 is 23.7 Å². The molecule has 0 spiro atoms. The number of ether oxygens (including phenoxy) is 1. The summed E-state index contributed by atoms with van der Waals surface area (Å²) in [6, 6.07) is 14.6. The molecule has 0 N–H and O–H groups in total. The van der Waals surface area contributed by atoms with Crippen molar-refractivity contribution in [3.8, 4) is 5.75 Å². The van der Waals surface area contributed by atoms with Gasteiger partial charge in [-0.1, -0.05) is 12.1 Å². The smallest absolute Gasteiger partial charge is 0.119 e. The average molecular weight is 338 g/mol. The molecule has 1 fully saturated rings. The number of rotatable bonds is 6. The van der Waals surface area contributed by atoms with Gasteiger partial charge in [0.25, 0.3) is 0 Å². The van der Waals surface area contributed by atoms with Crippen LogP contribution in [0.1, 0.15) is 31.2 Å². The minimum atomic E-state index is 0.697. The van der Waals surface area contributed by atoms with Crippen LogP contribution in [-0.4, -0.2) is 16.2 Å². The number of fused-ring (bicyclic) bond motifs is 1. The number of imidazole rings is 1. The quantitative estimate of drug-likeness (QED) is 0.658. The van der Waals surface area contributed by atoms with E-state index in [1.54, 1.807) is 0 Å². The summed E-state index contributed by atoms with van der Waals surface area (Å²) in [7, 11) is 0. The summed E-state index contributed by atoms with van der Waals surface area (Å²) in [5.74, 6) is 2.88. The average Bonchev–Trinajstić information content (AvgIpc) is 3.33. The van der Waals surface area contributed by atoms with E-state index in [2.05, 4.69) is 47.5 Å². The van der Waals surface area contributed by atoms with E-state index in [1.807, 2.05) is 19.1 Å². The second-order valence-corrected chi connectivity index (χ2v) is 7.03. The van der Waals surface area contributed by atoms with Crippen LogP contribution in [0.2, 0.25) is 0 Å². The van der Waals surface area contributed by atoms with Gasteiger partial charge in [-0.25, -0.2) is 4.98 Å². The Hall–Kier alpha value is -1.94. The van der Waals surface area contributed by atoms with Crippen molar-refractivity contribution in [3.63, 3.8) is 0 Å². The maximum atomic E-state index is 5.53. The Morgan fingerprint density at radius 1 is 1.17 bits per heavy atom. The number of aromatic nitrogens is 2. The highest BCUT2D eigenvalue weighted by Gasteiger charge is 2.24. The maximum Gasteiger partial charge on any atom is 0.119 e. The summed E-state index contributed by atoms with van der Waals surface area (Å²) in [4.78, 5) is 5.86. The third-order valence-corrected chi connectivity index (χ3v) is 4.82. The van der Waals surface area contributed by atoms with Crippen molar-refractivity contribution in [1.82, 2.24) is 9.55 Å². The summed E-state index contributed by atoms with van der Waals surface area (Å²) in [6.07, 6.45) is 3.52. The van der Waals surface area contributed by atoms with E-state index < -0.39 is 0 Å². The number of hydrogen-bond donors (Lipinski definition) is 1. The van der Waals surface area contributed by atoms with Crippen molar-refractivity contribution < 1.29 is 4.74 Å². The fourth-order valence-corrected chi connectivity index (χ4v) is 3.31. The van der Waals surface area contributed by atoms with E-state index >= 15 is 0 Å². The van der Waals surface area contributed by atoms with Crippen LogP contribution in [0.25, 0.3) is 11.0 Å². The molecule has 1 aliphatic carbocycles. The van der Waals surface area contributed by atoms with Crippen LogP contribution in [0, 0.1) is 5.92 Å². The predicted molar refractivity (Wildman–Crippen MR) is 100 cm³/mol. The van der Waals surface area contributed by atoms with Crippen molar-refractivity contribution in [3.05, 3.63) is 53.9 Å². The molecule has 3 aromatic rings. The van der Waals surface area contributed by atoms with Gasteiger partial charge in [0.05, 0.1) is 17.6 Å². The zero-order chi connectivity index (χ0) is 16.5. The Balaban J connectivity index is 1.66.